The molecule has 2 aliphatic rings. The molecule has 1 heterocycles. The van der Waals surface area contributed by atoms with Crippen LogP contribution >= 0.6 is 11.8 Å². The Morgan fingerprint density at radius 1 is 1.27 bits per heavy atom. The number of amides is 1. The highest BCUT2D eigenvalue weighted by atomic mass is 32.2. The topological polar surface area (TPSA) is 47.6 Å². The summed E-state index contributed by atoms with van der Waals surface area (Å²) in [6.45, 7) is 2.54. The van der Waals surface area contributed by atoms with Gasteiger partial charge >= 0.3 is 0 Å². The third kappa shape index (κ3) is 3.88. The van der Waals surface area contributed by atoms with Crippen LogP contribution in [0.5, 0.6) is 11.5 Å². The third-order valence-electron chi connectivity index (χ3n) is 4.40. The summed E-state index contributed by atoms with van der Waals surface area (Å²) in [7, 11) is 0. The smallest absolute Gasteiger partial charge is 0.231 e. The van der Waals surface area contributed by atoms with Crippen LogP contribution in [-0.4, -0.2) is 24.5 Å². The van der Waals surface area contributed by atoms with Crippen LogP contribution in [0.25, 0.3) is 0 Å². The van der Waals surface area contributed by atoms with Gasteiger partial charge in [0.15, 0.2) is 11.5 Å². The van der Waals surface area contributed by atoms with E-state index in [1.807, 2.05) is 18.2 Å². The van der Waals surface area contributed by atoms with Crippen molar-refractivity contribution in [3.05, 3.63) is 23.8 Å². The van der Waals surface area contributed by atoms with E-state index in [4.69, 9.17) is 9.47 Å². The predicted molar refractivity (Wildman–Crippen MR) is 88.3 cm³/mol. The summed E-state index contributed by atoms with van der Waals surface area (Å²) in [5.74, 6) is 3.69. The molecule has 4 nitrogen and oxygen atoms in total. The molecule has 22 heavy (non-hydrogen) atoms. The Kier molecular flexibility index (Phi) is 5.13. The summed E-state index contributed by atoms with van der Waals surface area (Å²) in [4.78, 5) is 12.1. The summed E-state index contributed by atoms with van der Waals surface area (Å²) in [5, 5.41) is 3.19. The van der Waals surface area contributed by atoms with Gasteiger partial charge in [-0.1, -0.05) is 25.8 Å². The van der Waals surface area contributed by atoms with E-state index in [0.29, 0.717) is 24.5 Å². The second-order valence-corrected chi connectivity index (χ2v) is 7.10. The molecular formula is C17H23NO3S. The van der Waals surface area contributed by atoms with Crippen molar-refractivity contribution in [1.29, 1.82) is 0 Å². The van der Waals surface area contributed by atoms with Crippen molar-refractivity contribution >= 4 is 17.7 Å². The molecule has 1 aromatic carbocycles. The molecule has 0 aromatic heterocycles. The Morgan fingerprint density at radius 2 is 2.09 bits per heavy atom. The number of nitrogens with one attached hydrogen (secondary N) is 1. The van der Waals surface area contributed by atoms with E-state index in [2.05, 4.69) is 12.2 Å². The van der Waals surface area contributed by atoms with E-state index in [0.717, 1.165) is 29.2 Å². The first kappa shape index (κ1) is 15.5. The maximum absolute atomic E-state index is 12.1. The highest BCUT2D eigenvalue weighted by molar-refractivity contribution is 7.99. The van der Waals surface area contributed by atoms with Gasteiger partial charge in [-0.25, -0.2) is 0 Å². The fourth-order valence-electron chi connectivity index (χ4n) is 3.07. The largest absolute Gasteiger partial charge is 0.454 e. The lowest BCUT2D eigenvalue weighted by Crippen LogP contribution is -2.41. The Morgan fingerprint density at radius 3 is 2.95 bits per heavy atom. The zero-order valence-electron chi connectivity index (χ0n) is 13.0. The molecule has 0 spiro atoms. The van der Waals surface area contributed by atoms with E-state index in [1.165, 1.54) is 19.3 Å². The lowest BCUT2D eigenvalue weighted by molar-refractivity contribution is -0.119. The average molecular weight is 321 g/mol. The van der Waals surface area contributed by atoms with Crippen molar-refractivity contribution in [3.63, 3.8) is 0 Å². The van der Waals surface area contributed by atoms with Crippen LogP contribution in [0, 0.1) is 5.92 Å². The van der Waals surface area contributed by atoms with Crippen LogP contribution in [0.3, 0.4) is 0 Å². The molecule has 3 rings (SSSR count). The zero-order chi connectivity index (χ0) is 15.4. The molecule has 2 atom stereocenters. The number of hydrogen-bond acceptors (Lipinski definition) is 4. The number of hydrogen-bond donors (Lipinski definition) is 1. The van der Waals surface area contributed by atoms with Gasteiger partial charge < -0.3 is 14.8 Å². The first-order chi connectivity index (χ1) is 10.7. The molecule has 0 bridgehead atoms. The van der Waals surface area contributed by atoms with E-state index >= 15 is 0 Å². The second-order valence-electron chi connectivity index (χ2n) is 6.12. The van der Waals surface area contributed by atoms with Crippen molar-refractivity contribution in [3.8, 4) is 11.5 Å². The molecule has 0 radical (unpaired) electrons. The molecule has 1 fully saturated rings. The van der Waals surface area contributed by atoms with Crippen molar-refractivity contribution in [2.24, 2.45) is 5.92 Å². The molecule has 1 amide bonds. The number of carbonyl (C=O) groups is 1. The van der Waals surface area contributed by atoms with Crippen LogP contribution < -0.4 is 14.8 Å². The number of fused-ring (bicyclic) bond motifs is 1. The first-order valence-electron chi connectivity index (χ1n) is 7.98. The third-order valence-corrected chi connectivity index (χ3v) is 5.40. The second kappa shape index (κ2) is 7.27. The van der Waals surface area contributed by atoms with Gasteiger partial charge in [0.1, 0.15) is 0 Å². The molecule has 1 N–H and O–H groups in total. The normalized spacial score (nSPS) is 23.3. The molecule has 120 valence electrons. The molecule has 1 saturated carbocycles. The quantitative estimate of drug-likeness (QED) is 0.903. The molecule has 1 aliphatic carbocycles. The van der Waals surface area contributed by atoms with Gasteiger partial charge in [0, 0.05) is 11.8 Å². The number of ether oxygens (including phenoxy) is 2. The lowest BCUT2D eigenvalue weighted by Gasteiger charge is -2.29. The van der Waals surface area contributed by atoms with Gasteiger partial charge in [-0.3, -0.25) is 4.79 Å². The average Bonchev–Trinajstić information content (AvgIpc) is 2.97. The monoisotopic (exact) mass is 321 g/mol. The van der Waals surface area contributed by atoms with E-state index in [1.54, 1.807) is 11.8 Å². The number of benzene rings is 1. The molecule has 1 aliphatic heterocycles. The van der Waals surface area contributed by atoms with Crippen LogP contribution in [0.1, 0.15) is 38.2 Å². The minimum absolute atomic E-state index is 0.157. The van der Waals surface area contributed by atoms with E-state index in [-0.39, 0.29) is 5.91 Å². The lowest BCUT2D eigenvalue weighted by atomic mass is 9.86. The van der Waals surface area contributed by atoms with E-state index < -0.39 is 0 Å². The zero-order valence-corrected chi connectivity index (χ0v) is 13.8. The maximum atomic E-state index is 12.1. The summed E-state index contributed by atoms with van der Waals surface area (Å²) >= 11 is 1.64. The first-order valence-corrected chi connectivity index (χ1v) is 9.13. The van der Waals surface area contributed by atoms with Crippen LogP contribution in [0.2, 0.25) is 0 Å². The fourth-order valence-corrected chi connectivity index (χ4v) is 3.86. The number of carbonyl (C=O) groups excluding carboxylic acids is 1. The Hall–Kier alpha value is -1.36. The molecule has 1 aromatic rings. The van der Waals surface area contributed by atoms with Crippen LogP contribution in [0.15, 0.2) is 18.2 Å². The van der Waals surface area contributed by atoms with Gasteiger partial charge in [-0.05, 0) is 36.5 Å². The van der Waals surface area contributed by atoms with Gasteiger partial charge in [0.2, 0.25) is 12.7 Å². The van der Waals surface area contributed by atoms with Crippen LogP contribution in [-0.2, 0) is 10.5 Å². The summed E-state index contributed by atoms with van der Waals surface area (Å²) in [6, 6.07) is 6.33. The SMILES string of the molecule is C[C@H]1CCCC[C@H]1NC(=O)CSCc1ccc2c(c1)OCO2. The summed E-state index contributed by atoms with van der Waals surface area (Å²) < 4.78 is 10.7. The fraction of sp³-hybridized carbons (Fsp3) is 0.588. The summed E-state index contributed by atoms with van der Waals surface area (Å²) in [6.07, 6.45) is 4.89. The van der Waals surface area contributed by atoms with E-state index in [9.17, 15) is 4.79 Å². The minimum atomic E-state index is 0.157. The molecule has 0 unspecified atom stereocenters. The van der Waals surface area contributed by atoms with Crippen molar-refractivity contribution in [1.82, 2.24) is 5.32 Å². The van der Waals surface area contributed by atoms with Crippen LogP contribution in [0.4, 0.5) is 0 Å². The van der Waals surface area contributed by atoms with Crippen molar-refractivity contribution in [2.45, 2.75) is 44.4 Å². The maximum Gasteiger partial charge on any atom is 0.231 e. The van der Waals surface area contributed by atoms with Crippen molar-refractivity contribution < 1.29 is 14.3 Å². The van der Waals surface area contributed by atoms with Gasteiger partial charge in [-0.2, -0.15) is 0 Å². The predicted octanol–water partition coefficient (Wildman–Crippen LogP) is 3.34. The Balaban J connectivity index is 1.41. The molecule has 0 saturated heterocycles. The number of thioether (sulfide) groups is 1. The van der Waals surface area contributed by atoms with Gasteiger partial charge in [-0.15, -0.1) is 11.8 Å². The molecule has 5 heteroatoms. The minimum Gasteiger partial charge on any atom is -0.454 e. The highest BCUT2D eigenvalue weighted by Gasteiger charge is 2.22. The van der Waals surface area contributed by atoms with Gasteiger partial charge in [0.05, 0.1) is 5.75 Å². The van der Waals surface area contributed by atoms with Gasteiger partial charge in [0.25, 0.3) is 0 Å². The molecular weight excluding hydrogens is 298 g/mol. The Bertz CT molecular complexity index is 535. The van der Waals surface area contributed by atoms with Crippen molar-refractivity contribution in [2.75, 3.05) is 12.5 Å². The standard InChI is InChI=1S/C17H23NO3S/c1-12-4-2-3-5-14(12)18-17(19)10-22-9-13-6-7-15-16(8-13)21-11-20-15/h6-8,12,14H,2-5,9-11H2,1H3,(H,18,19)/t12-,14+/m0/s1. The Labute approximate surface area is 135 Å². The highest BCUT2D eigenvalue weighted by Crippen LogP contribution is 2.33. The summed E-state index contributed by atoms with van der Waals surface area (Å²) in [5.41, 5.74) is 1.16. The number of rotatable bonds is 5.